The molecule has 4 heteroatoms. The Bertz CT molecular complexity index is 824. The standard InChI is InChI=1S/C20H22N2O2/c1-2-24-20(23)17(21)13-16-15-10-6-7-11-18(15)22-19(16)12-14-8-4-3-5-9-14/h3-11,17,22H,2,12-13,21H2,1H3. The minimum Gasteiger partial charge on any atom is -0.465 e. The molecular weight excluding hydrogens is 300 g/mol. The summed E-state index contributed by atoms with van der Waals surface area (Å²) in [4.78, 5) is 15.4. The van der Waals surface area contributed by atoms with E-state index >= 15 is 0 Å². The fourth-order valence-electron chi connectivity index (χ4n) is 2.99. The molecule has 1 aromatic heterocycles. The smallest absolute Gasteiger partial charge is 0.323 e. The fourth-order valence-corrected chi connectivity index (χ4v) is 2.99. The molecule has 0 radical (unpaired) electrons. The second-order valence-corrected chi connectivity index (χ2v) is 5.85. The monoisotopic (exact) mass is 322 g/mol. The third-order valence-corrected chi connectivity index (χ3v) is 4.14. The molecule has 1 unspecified atom stereocenters. The zero-order valence-electron chi connectivity index (χ0n) is 13.8. The number of ether oxygens (including phenoxy) is 1. The van der Waals surface area contributed by atoms with E-state index in [0.29, 0.717) is 13.0 Å². The van der Waals surface area contributed by atoms with Gasteiger partial charge in [0.05, 0.1) is 6.61 Å². The molecule has 0 fully saturated rings. The van der Waals surface area contributed by atoms with Crippen LogP contribution in [-0.4, -0.2) is 23.6 Å². The summed E-state index contributed by atoms with van der Waals surface area (Å²) in [6.45, 7) is 2.13. The van der Waals surface area contributed by atoms with Crippen molar-refractivity contribution < 1.29 is 9.53 Å². The number of benzene rings is 2. The number of hydrogen-bond acceptors (Lipinski definition) is 3. The Morgan fingerprint density at radius 1 is 1.12 bits per heavy atom. The van der Waals surface area contributed by atoms with Crippen LogP contribution in [0.5, 0.6) is 0 Å². The highest BCUT2D eigenvalue weighted by atomic mass is 16.5. The first kappa shape index (κ1) is 16.3. The highest BCUT2D eigenvalue weighted by Crippen LogP contribution is 2.25. The Balaban J connectivity index is 1.94. The molecule has 0 saturated carbocycles. The first-order chi connectivity index (χ1) is 11.7. The molecule has 0 spiro atoms. The molecule has 0 aliphatic rings. The summed E-state index contributed by atoms with van der Waals surface area (Å²) in [7, 11) is 0. The maximum absolute atomic E-state index is 11.9. The fraction of sp³-hybridized carbons (Fsp3) is 0.250. The summed E-state index contributed by atoms with van der Waals surface area (Å²) in [6, 6.07) is 17.7. The lowest BCUT2D eigenvalue weighted by molar-refractivity contribution is -0.144. The van der Waals surface area contributed by atoms with E-state index in [0.717, 1.165) is 28.6 Å². The van der Waals surface area contributed by atoms with Crippen LogP contribution in [-0.2, 0) is 22.4 Å². The quantitative estimate of drug-likeness (QED) is 0.685. The van der Waals surface area contributed by atoms with Crippen molar-refractivity contribution in [1.29, 1.82) is 0 Å². The normalized spacial score (nSPS) is 12.2. The zero-order chi connectivity index (χ0) is 16.9. The molecule has 0 bridgehead atoms. The van der Waals surface area contributed by atoms with Crippen molar-refractivity contribution in [1.82, 2.24) is 4.98 Å². The highest BCUT2D eigenvalue weighted by Gasteiger charge is 2.20. The van der Waals surface area contributed by atoms with E-state index in [1.54, 1.807) is 6.92 Å². The van der Waals surface area contributed by atoms with Gasteiger partial charge in [0.25, 0.3) is 0 Å². The second kappa shape index (κ2) is 7.32. The van der Waals surface area contributed by atoms with Crippen LogP contribution in [0, 0.1) is 0 Å². The number of para-hydroxylation sites is 1. The predicted octanol–water partition coefficient (Wildman–Crippen LogP) is 3.19. The molecule has 3 aromatic rings. The Labute approximate surface area is 141 Å². The number of carbonyl (C=O) groups is 1. The van der Waals surface area contributed by atoms with Gasteiger partial charge in [-0.15, -0.1) is 0 Å². The van der Waals surface area contributed by atoms with Gasteiger partial charge in [0.1, 0.15) is 6.04 Å². The summed E-state index contributed by atoms with van der Waals surface area (Å²) in [5.41, 5.74) is 10.5. The van der Waals surface area contributed by atoms with Gasteiger partial charge in [0, 0.05) is 29.4 Å². The third-order valence-electron chi connectivity index (χ3n) is 4.14. The average Bonchev–Trinajstić information content (AvgIpc) is 2.93. The molecule has 124 valence electrons. The number of rotatable bonds is 6. The minimum atomic E-state index is -0.654. The van der Waals surface area contributed by atoms with Crippen molar-refractivity contribution >= 4 is 16.9 Å². The number of aromatic amines is 1. The van der Waals surface area contributed by atoms with Gasteiger partial charge in [-0.3, -0.25) is 4.79 Å². The van der Waals surface area contributed by atoms with E-state index in [1.807, 2.05) is 36.4 Å². The number of H-pyrrole nitrogens is 1. The molecule has 1 heterocycles. The Morgan fingerprint density at radius 3 is 2.58 bits per heavy atom. The van der Waals surface area contributed by atoms with Crippen molar-refractivity contribution in [2.45, 2.75) is 25.8 Å². The van der Waals surface area contributed by atoms with Crippen LogP contribution < -0.4 is 5.73 Å². The van der Waals surface area contributed by atoms with Gasteiger partial charge in [0.15, 0.2) is 0 Å². The van der Waals surface area contributed by atoms with Crippen molar-refractivity contribution in [3.63, 3.8) is 0 Å². The van der Waals surface area contributed by atoms with E-state index in [-0.39, 0.29) is 5.97 Å². The van der Waals surface area contributed by atoms with Gasteiger partial charge in [-0.05, 0) is 24.1 Å². The minimum absolute atomic E-state index is 0.345. The maximum Gasteiger partial charge on any atom is 0.323 e. The summed E-state index contributed by atoms with van der Waals surface area (Å²) in [5.74, 6) is -0.353. The van der Waals surface area contributed by atoms with Crippen LogP contribution in [0.4, 0.5) is 0 Å². The predicted molar refractivity (Wildman–Crippen MR) is 95.9 cm³/mol. The summed E-state index contributed by atoms with van der Waals surface area (Å²) in [5, 5.41) is 1.11. The van der Waals surface area contributed by atoms with E-state index in [9.17, 15) is 4.79 Å². The van der Waals surface area contributed by atoms with Crippen LogP contribution in [0.2, 0.25) is 0 Å². The molecule has 1 atom stereocenters. The molecule has 3 rings (SSSR count). The van der Waals surface area contributed by atoms with Crippen molar-refractivity contribution in [2.75, 3.05) is 6.61 Å². The van der Waals surface area contributed by atoms with Gasteiger partial charge < -0.3 is 15.5 Å². The Morgan fingerprint density at radius 2 is 1.83 bits per heavy atom. The molecule has 0 saturated heterocycles. The summed E-state index contributed by atoms with van der Waals surface area (Å²) in [6.07, 6.45) is 1.24. The van der Waals surface area contributed by atoms with Gasteiger partial charge >= 0.3 is 5.97 Å². The van der Waals surface area contributed by atoms with E-state index in [1.165, 1.54) is 5.56 Å². The molecular formula is C20H22N2O2. The molecule has 4 nitrogen and oxygen atoms in total. The number of nitrogens with two attached hydrogens (primary N) is 1. The summed E-state index contributed by atoms with van der Waals surface area (Å²) < 4.78 is 5.05. The van der Waals surface area contributed by atoms with Crippen molar-refractivity contribution in [2.24, 2.45) is 5.73 Å². The van der Waals surface area contributed by atoms with Crippen LogP contribution in [0.3, 0.4) is 0 Å². The van der Waals surface area contributed by atoms with Gasteiger partial charge in [0.2, 0.25) is 0 Å². The number of hydrogen-bond donors (Lipinski definition) is 2. The average molecular weight is 322 g/mol. The first-order valence-corrected chi connectivity index (χ1v) is 8.23. The number of carbonyl (C=O) groups excluding carboxylic acids is 1. The molecule has 3 N–H and O–H groups in total. The lowest BCUT2D eigenvalue weighted by atomic mass is 9.99. The van der Waals surface area contributed by atoms with Crippen LogP contribution in [0.15, 0.2) is 54.6 Å². The van der Waals surface area contributed by atoms with Gasteiger partial charge in [-0.2, -0.15) is 0 Å². The van der Waals surface area contributed by atoms with Crippen LogP contribution in [0.1, 0.15) is 23.7 Å². The molecule has 0 aliphatic carbocycles. The van der Waals surface area contributed by atoms with E-state index in [2.05, 4.69) is 23.2 Å². The van der Waals surface area contributed by atoms with Crippen LogP contribution in [0.25, 0.3) is 10.9 Å². The number of fused-ring (bicyclic) bond motifs is 1. The van der Waals surface area contributed by atoms with Crippen LogP contribution >= 0.6 is 0 Å². The highest BCUT2D eigenvalue weighted by molar-refractivity contribution is 5.86. The van der Waals surface area contributed by atoms with Gasteiger partial charge in [-0.1, -0.05) is 48.5 Å². The maximum atomic E-state index is 11.9. The lowest BCUT2D eigenvalue weighted by Crippen LogP contribution is -2.34. The number of esters is 1. The summed E-state index contributed by atoms with van der Waals surface area (Å²) >= 11 is 0. The zero-order valence-corrected chi connectivity index (χ0v) is 13.8. The van der Waals surface area contributed by atoms with Crippen molar-refractivity contribution in [3.8, 4) is 0 Å². The largest absolute Gasteiger partial charge is 0.465 e. The molecule has 24 heavy (non-hydrogen) atoms. The molecule has 0 aliphatic heterocycles. The van der Waals surface area contributed by atoms with Crippen molar-refractivity contribution in [3.05, 3.63) is 71.4 Å². The van der Waals surface area contributed by atoms with E-state index < -0.39 is 6.04 Å². The first-order valence-electron chi connectivity index (χ1n) is 8.23. The number of nitrogens with one attached hydrogen (secondary N) is 1. The van der Waals surface area contributed by atoms with E-state index in [4.69, 9.17) is 10.5 Å². The Hall–Kier alpha value is -2.59. The second-order valence-electron chi connectivity index (χ2n) is 5.85. The topological polar surface area (TPSA) is 68.1 Å². The number of aromatic nitrogens is 1. The Kier molecular flexibility index (Phi) is 4.96. The SMILES string of the molecule is CCOC(=O)C(N)Cc1c(Cc2ccccc2)[nH]c2ccccc12. The van der Waals surface area contributed by atoms with Gasteiger partial charge in [-0.25, -0.2) is 0 Å². The lowest BCUT2D eigenvalue weighted by Gasteiger charge is -2.12. The molecule has 0 amide bonds. The third kappa shape index (κ3) is 3.49. The molecule has 2 aromatic carbocycles.